The zero-order valence-corrected chi connectivity index (χ0v) is 12.6. The van der Waals surface area contributed by atoms with Crippen molar-refractivity contribution < 1.29 is 14.3 Å². The summed E-state index contributed by atoms with van der Waals surface area (Å²) in [5.41, 5.74) is 2.62. The Morgan fingerprint density at radius 3 is 2.70 bits per heavy atom. The lowest BCUT2D eigenvalue weighted by molar-refractivity contribution is -0.118. The van der Waals surface area contributed by atoms with E-state index in [2.05, 4.69) is 5.32 Å². The molecule has 1 N–H and O–H groups in total. The maximum Gasteiger partial charge on any atom is 0.251 e. The molecule has 0 aromatic heterocycles. The van der Waals surface area contributed by atoms with Crippen molar-refractivity contribution in [2.75, 3.05) is 13.2 Å². The molecule has 1 atom stereocenters. The number of hydrogen-bond donors (Lipinski definition) is 1. The van der Waals surface area contributed by atoms with Crippen molar-refractivity contribution in [2.24, 2.45) is 0 Å². The maximum absolute atomic E-state index is 12.6. The molecule has 0 aliphatic carbocycles. The number of ether oxygens (including phenoxy) is 2. The van der Waals surface area contributed by atoms with E-state index in [1.165, 1.54) is 0 Å². The number of nitrogens with one attached hydrogen (secondary N) is 1. The first-order chi connectivity index (χ1) is 11.3. The van der Waals surface area contributed by atoms with Crippen LogP contribution in [-0.4, -0.2) is 19.1 Å². The molecule has 0 unspecified atom stereocenters. The van der Waals surface area contributed by atoms with Crippen molar-refractivity contribution in [3.63, 3.8) is 0 Å². The predicted molar refractivity (Wildman–Crippen MR) is 87.4 cm³/mol. The van der Waals surface area contributed by atoms with Crippen molar-refractivity contribution in [1.82, 2.24) is 5.32 Å². The first-order valence-electron chi connectivity index (χ1n) is 7.76. The summed E-state index contributed by atoms with van der Waals surface area (Å²) in [6.45, 7) is 0.911. The largest absolute Gasteiger partial charge is 0.493 e. The summed E-state index contributed by atoms with van der Waals surface area (Å²) in [5, 5.41) is 3.11. The van der Waals surface area contributed by atoms with Gasteiger partial charge in [-0.1, -0.05) is 36.4 Å². The van der Waals surface area contributed by atoms with Crippen LogP contribution in [0, 0.1) is 0 Å². The number of carbonyl (C=O) groups excluding carboxylic acids is 1. The summed E-state index contributed by atoms with van der Waals surface area (Å²) >= 11 is 0. The third-order valence-corrected chi connectivity index (χ3v) is 4.19. The maximum atomic E-state index is 12.6. The number of amides is 1. The van der Waals surface area contributed by atoms with Gasteiger partial charge in [-0.3, -0.25) is 4.79 Å². The molecular weight excluding hydrogens is 290 g/mol. The quantitative estimate of drug-likeness (QED) is 0.927. The van der Waals surface area contributed by atoms with Crippen molar-refractivity contribution in [3.05, 3.63) is 65.2 Å². The summed E-state index contributed by atoms with van der Waals surface area (Å²) in [6.07, 6.45) is 2.67. The second-order valence-electron chi connectivity index (χ2n) is 5.70. The molecule has 116 valence electrons. The van der Waals surface area contributed by atoms with E-state index in [1.54, 1.807) is 0 Å². The zero-order valence-electron chi connectivity index (χ0n) is 12.6. The number of rotatable bonds is 2. The van der Waals surface area contributed by atoms with E-state index in [1.807, 2.05) is 54.6 Å². The van der Waals surface area contributed by atoms with Gasteiger partial charge in [-0.2, -0.15) is 0 Å². The normalized spacial score (nSPS) is 18.6. The number of benzene rings is 2. The Kier molecular flexibility index (Phi) is 3.50. The molecule has 0 radical (unpaired) electrons. The molecule has 2 aliphatic rings. The molecule has 0 spiro atoms. The third-order valence-electron chi connectivity index (χ3n) is 4.19. The minimum Gasteiger partial charge on any atom is -0.493 e. The molecule has 0 saturated carbocycles. The summed E-state index contributed by atoms with van der Waals surface area (Å²) in [7, 11) is 0. The lowest BCUT2D eigenvalue weighted by Crippen LogP contribution is -2.34. The van der Waals surface area contributed by atoms with Crippen molar-refractivity contribution in [3.8, 4) is 11.5 Å². The van der Waals surface area contributed by atoms with Crippen LogP contribution >= 0.6 is 0 Å². The molecule has 4 heteroatoms. The molecule has 0 saturated heterocycles. The van der Waals surface area contributed by atoms with Crippen LogP contribution in [0.25, 0.3) is 6.08 Å². The van der Waals surface area contributed by atoms with Crippen molar-refractivity contribution >= 4 is 12.0 Å². The number of fused-ring (bicyclic) bond motifs is 2. The fourth-order valence-electron chi connectivity index (χ4n) is 2.99. The van der Waals surface area contributed by atoms with Crippen LogP contribution < -0.4 is 14.8 Å². The molecule has 4 nitrogen and oxygen atoms in total. The minimum atomic E-state index is -0.0822. The van der Waals surface area contributed by atoms with Crippen LogP contribution in [0.15, 0.2) is 54.1 Å². The molecular formula is C19H17NO3. The monoisotopic (exact) mass is 307 g/mol. The Labute approximate surface area is 134 Å². The highest BCUT2D eigenvalue weighted by atomic mass is 16.5. The van der Waals surface area contributed by atoms with Gasteiger partial charge in [0.05, 0.1) is 18.2 Å². The Morgan fingerprint density at radius 1 is 1.00 bits per heavy atom. The Balaban J connectivity index is 1.55. The van der Waals surface area contributed by atoms with Crippen LogP contribution in [0.1, 0.15) is 23.6 Å². The topological polar surface area (TPSA) is 47.6 Å². The van der Waals surface area contributed by atoms with Crippen molar-refractivity contribution in [2.45, 2.75) is 12.5 Å². The second-order valence-corrected chi connectivity index (χ2v) is 5.70. The third kappa shape index (κ3) is 2.68. The smallest absolute Gasteiger partial charge is 0.251 e. The zero-order chi connectivity index (χ0) is 15.6. The fourth-order valence-corrected chi connectivity index (χ4v) is 2.99. The van der Waals surface area contributed by atoms with Gasteiger partial charge in [0.15, 0.2) is 0 Å². The van der Waals surface area contributed by atoms with E-state index < -0.39 is 0 Å². The van der Waals surface area contributed by atoms with Crippen LogP contribution in [-0.2, 0) is 4.79 Å². The molecule has 23 heavy (non-hydrogen) atoms. The number of para-hydroxylation sites is 2. The highest BCUT2D eigenvalue weighted by molar-refractivity contribution is 5.99. The summed E-state index contributed by atoms with van der Waals surface area (Å²) in [4.78, 5) is 12.6. The Morgan fingerprint density at radius 2 is 1.78 bits per heavy atom. The second kappa shape index (κ2) is 5.80. The van der Waals surface area contributed by atoms with E-state index in [9.17, 15) is 4.79 Å². The minimum absolute atomic E-state index is 0.0227. The van der Waals surface area contributed by atoms with Gasteiger partial charge >= 0.3 is 0 Å². The molecule has 0 fully saturated rings. The molecule has 2 heterocycles. The van der Waals surface area contributed by atoms with Gasteiger partial charge in [0.2, 0.25) is 0 Å². The van der Waals surface area contributed by atoms with Gasteiger partial charge in [-0.25, -0.2) is 0 Å². The van der Waals surface area contributed by atoms with Crippen LogP contribution in [0.4, 0.5) is 0 Å². The Hall–Kier alpha value is -2.75. The molecule has 2 aromatic rings. The highest BCUT2D eigenvalue weighted by Crippen LogP contribution is 2.32. The van der Waals surface area contributed by atoms with Gasteiger partial charge in [0.1, 0.15) is 18.1 Å². The van der Waals surface area contributed by atoms with Gasteiger partial charge in [0, 0.05) is 17.5 Å². The average molecular weight is 307 g/mol. The first-order valence-corrected chi connectivity index (χ1v) is 7.76. The summed E-state index contributed by atoms with van der Waals surface area (Å²) in [6, 6.07) is 15.5. The predicted octanol–water partition coefficient (Wildman–Crippen LogP) is 3.10. The lowest BCUT2D eigenvalue weighted by Gasteiger charge is -2.27. The van der Waals surface area contributed by atoms with Crippen molar-refractivity contribution in [1.29, 1.82) is 0 Å². The van der Waals surface area contributed by atoms with E-state index in [4.69, 9.17) is 9.47 Å². The molecule has 2 aliphatic heterocycles. The standard InChI is InChI=1S/C19H17NO3/c21-19(14-11-13-5-1-3-7-17(13)23-12-14)20-16-9-10-22-18-8-4-2-6-15(16)18/h1-8,11,16H,9-10,12H2,(H,20,21)/t16-/m0/s1. The van der Waals surface area contributed by atoms with Gasteiger partial charge in [-0.15, -0.1) is 0 Å². The summed E-state index contributed by atoms with van der Waals surface area (Å²) in [5.74, 6) is 1.59. The molecule has 4 rings (SSSR count). The van der Waals surface area contributed by atoms with E-state index in [0.717, 1.165) is 29.0 Å². The average Bonchev–Trinajstić information content (AvgIpc) is 2.61. The fraction of sp³-hybridized carbons (Fsp3) is 0.211. The first kappa shape index (κ1) is 13.9. The lowest BCUT2D eigenvalue weighted by atomic mass is 9.99. The van der Waals surface area contributed by atoms with Crippen LogP contribution in [0.3, 0.4) is 0 Å². The van der Waals surface area contributed by atoms with Gasteiger partial charge < -0.3 is 14.8 Å². The molecule has 2 aromatic carbocycles. The molecule has 0 bridgehead atoms. The van der Waals surface area contributed by atoms with Crippen LogP contribution in [0.2, 0.25) is 0 Å². The summed E-state index contributed by atoms with van der Waals surface area (Å²) < 4.78 is 11.3. The number of hydrogen-bond acceptors (Lipinski definition) is 3. The SMILES string of the molecule is O=C(N[C@H]1CCOc2ccccc21)C1=Cc2ccccc2OC1. The van der Waals surface area contributed by atoms with E-state index >= 15 is 0 Å². The van der Waals surface area contributed by atoms with Gasteiger partial charge in [-0.05, 0) is 18.2 Å². The highest BCUT2D eigenvalue weighted by Gasteiger charge is 2.25. The van der Waals surface area contributed by atoms with E-state index in [0.29, 0.717) is 18.8 Å². The van der Waals surface area contributed by atoms with Crippen LogP contribution in [0.5, 0.6) is 11.5 Å². The van der Waals surface area contributed by atoms with Gasteiger partial charge in [0.25, 0.3) is 5.91 Å². The Bertz CT molecular complexity index is 782. The molecule has 1 amide bonds. The number of carbonyl (C=O) groups is 1. The van der Waals surface area contributed by atoms with E-state index in [-0.39, 0.29) is 11.9 Å².